The van der Waals surface area contributed by atoms with E-state index in [1.54, 1.807) is 18.3 Å². The molecule has 1 N–H and O–H groups in total. The van der Waals surface area contributed by atoms with Crippen LogP contribution in [0.15, 0.2) is 36.5 Å². The zero-order valence-corrected chi connectivity index (χ0v) is 11.4. The van der Waals surface area contributed by atoms with E-state index in [0.717, 1.165) is 11.3 Å². The molecule has 1 heterocycles. The molecule has 1 aromatic heterocycles. The topological polar surface area (TPSA) is 51.2 Å². The summed E-state index contributed by atoms with van der Waals surface area (Å²) >= 11 is 6.05. The van der Waals surface area contributed by atoms with Crippen molar-refractivity contribution in [1.82, 2.24) is 4.98 Å². The molecule has 5 heteroatoms. The number of nitrogens with one attached hydrogen (secondary N) is 1. The maximum absolute atomic E-state index is 11.4. The first-order chi connectivity index (χ1) is 9.11. The number of esters is 1. The van der Waals surface area contributed by atoms with Gasteiger partial charge in [-0.2, -0.15) is 0 Å². The number of anilines is 2. The van der Waals surface area contributed by atoms with Gasteiger partial charge in [0.2, 0.25) is 0 Å². The van der Waals surface area contributed by atoms with E-state index in [9.17, 15) is 4.79 Å². The highest BCUT2D eigenvalue weighted by Crippen LogP contribution is 2.25. The molecular formula is C14H13ClN2O2. The molecule has 0 amide bonds. The van der Waals surface area contributed by atoms with Gasteiger partial charge < -0.3 is 10.1 Å². The van der Waals surface area contributed by atoms with Crippen molar-refractivity contribution in [2.45, 2.75) is 6.92 Å². The number of carbonyl (C=O) groups is 1. The summed E-state index contributed by atoms with van der Waals surface area (Å²) in [6.45, 7) is 1.91. The van der Waals surface area contributed by atoms with Crippen molar-refractivity contribution in [2.24, 2.45) is 0 Å². The number of rotatable bonds is 3. The van der Waals surface area contributed by atoms with Gasteiger partial charge in [0.05, 0.1) is 12.7 Å². The van der Waals surface area contributed by atoms with Crippen molar-refractivity contribution in [3.8, 4) is 0 Å². The zero-order chi connectivity index (χ0) is 13.8. The van der Waals surface area contributed by atoms with Crippen LogP contribution in [0.25, 0.3) is 0 Å². The first-order valence-electron chi connectivity index (χ1n) is 5.68. The Labute approximate surface area is 116 Å². The van der Waals surface area contributed by atoms with Crippen LogP contribution < -0.4 is 5.32 Å². The SMILES string of the molecule is COC(=O)c1ccnc(Nc2cccc(Cl)c2C)c1. The van der Waals surface area contributed by atoms with Gasteiger partial charge in [-0.15, -0.1) is 0 Å². The van der Waals surface area contributed by atoms with Gasteiger partial charge in [-0.1, -0.05) is 17.7 Å². The predicted octanol–water partition coefficient (Wildman–Crippen LogP) is 3.57. The summed E-state index contributed by atoms with van der Waals surface area (Å²) in [5.74, 6) is 0.168. The fourth-order valence-electron chi connectivity index (χ4n) is 1.62. The van der Waals surface area contributed by atoms with E-state index in [0.29, 0.717) is 16.4 Å². The third-order valence-electron chi connectivity index (χ3n) is 2.71. The molecule has 0 radical (unpaired) electrons. The molecule has 0 fully saturated rings. The van der Waals surface area contributed by atoms with Gasteiger partial charge in [-0.25, -0.2) is 9.78 Å². The minimum atomic E-state index is -0.395. The second-order valence-electron chi connectivity index (χ2n) is 3.96. The Balaban J connectivity index is 2.28. The maximum Gasteiger partial charge on any atom is 0.338 e. The van der Waals surface area contributed by atoms with Crippen LogP contribution in [-0.4, -0.2) is 18.1 Å². The van der Waals surface area contributed by atoms with Crippen LogP contribution in [0.4, 0.5) is 11.5 Å². The summed E-state index contributed by atoms with van der Waals surface area (Å²) in [6, 6.07) is 8.80. The van der Waals surface area contributed by atoms with Crippen molar-refractivity contribution in [3.05, 3.63) is 52.7 Å². The molecule has 98 valence electrons. The Morgan fingerprint density at radius 2 is 2.16 bits per heavy atom. The Morgan fingerprint density at radius 1 is 1.37 bits per heavy atom. The van der Waals surface area contributed by atoms with Crippen molar-refractivity contribution >= 4 is 29.1 Å². The monoisotopic (exact) mass is 276 g/mol. The highest BCUT2D eigenvalue weighted by atomic mass is 35.5. The fourth-order valence-corrected chi connectivity index (χ4v) is 1.80. The molecule has 0 bridgehead atoms. The van der Waals surface area contributed by atoms with Crippen LogP contribution in [0.5, 0.6) is 0 Å². The smallest absolute Gasteiger partial charge is 0.338 e. The zero-order valence-electron chi connectivity index (χ0n) is 10.6. The highest BCUT2D eigenvalue weighted by molar-refractivity contribution is 6.31. The van der Waals surface area contributed by atoms with Gasteiger partial charge in [0.25, 0.3) is 0 Å². The molecule has 0 aliphatic heterocycles. The van der Waals surface area contributed by atoms with E-state index in [4.69, 9.17) is 11.6 Å². The number of aromatic nitrogens is 1. The van der Waals surface area contributed by atoms with Crippen LogP contribution in [0, 0.1) is 6.92 Å². The van der Waals surface area contributed by atoms with E-state index >= 15 is 0 Å². The molecule has 0 aliphatic carbocycles. The minimum Gasteiger partial charge on any atom is -0.465 e. The van der Waals surface area contributed by atoms with Crippen LogP contribution in [-0.2, 0) is 4.74 Å². The number of carbonyl (C=O) groups excluding carboxylic acids is 1. The number of pyridine rings is 1. The van der Waals surface area contributed by atoms with Gasteiger partial charge in [0, 0.05) is 16.9 Å². The van der Waals surface area contributed by atoms with E-state index in [2.05, 4.69) is 15.0 Å². The molecule has 0 saturated heterocycles. The third-order valence-corrected chi connectivity index (χ3v) is 3.12. The average Bonchev–Trinajstić information content (AvgIpc) is 2.43. The van der Waals surface area contributed by atoms with Gasteiger partial charge >= 0.3 is 5.97 Å². The molecule has 0 atom stereocenters. The molecule has 0 aliphatic rings. The summed E-state index contributed by atoms with van der Waals surface area (Å²) in [5.41, 5.74) is 2.22. The van der Waals surface area contributed by atoms with E-state index < -0.39 is 5.97 Å². The number of hydrogen-bond acceptors (Lipinski definition) is 4. The quantitative estimate of drug-likeness (QED) is 0.871. The van der Waals surface area contributed by atoms with Gasteiger partial charge in [-0.05, 0) is 36.8 Å². The normalized spacial score (nSPS) is 10.1. The standard InChI is InChI=1S/C14H13ClN2O2/c1-9-11(15)4-3-5-12(9)17-13-8-10(6-7-16-13)14(18)19-2/h3-8H,1-2H3,(H,16,17). The van der Waals surface area contributed by atoms with E-state index in [1.807, 2.05) is 25.1 Å². The number of nitrogens with zero attached hydrogens (tertiary/aromatic N) is 1. The van der Waals surface area contributed by atoms with Crippen molar-refractivity contribution in [3.63, 3.8) is 0 Å². The fraction of sp³-hybridized carbons (Fsp3) is 0.143. The third kappa shape index (κ3) is 3.03. The maximum atomic E-state index is 11.4. The number of halogens is 1. The largest absolute Gasteiger partial charge is 0.465 e. The number of methoxy groups -OCH3 is 1. The average molecular weight is 277 g/mol. The molecule has 4 nitrogen and oxygen atoms in total. The molecule has 1 aromatic carbocycles. The van der Waals surface area contributed by atoms with Crippen molar-refractivity contribution in [1.29, 1.82) is 0 Å². The van der Waals surface area contributed by atoms with Gasteiger partial charge in [0.1, 0.15) is 5.82 Å². The molecular weight excluding hydrogens is 264 g/mol. The molecule has 0 unspecified atom stereocenters. The van der Waals surface area contributed by atoms with Crippen LogP contribution >= 0.6 is 11.6 Å². The van der Waals surface area contributed by atoms with E-state index in [1.165, 1.54) is 7.11 Å². The lowest BCUT2D eigenvalue weighted by atomic mass is 10.2. The van der Waals surface area contributed by atoms with E-state index in [-0.39, 0.29) is 0 Å². The van der Waals surface area contributed by atoms with Gasteiger partial charge in [0.15, 0.2) is 0 Å². The first-order valence-corrected chi connectivity index (χ1v) is 6.06. The lowest BCUT2D eigenvalue weighted by Gasteiger charge is -2.10. The van der Waals surface area contributed by atoms with Crippen molar-refractivity contribution < 1.29 is 9.53 Å². The number of benzene rings is 1. The van der Waals surface area contributed by atoms with Crippen LogP contribution in [0.3, 0.4) is 0 Å². The van der Waals surface area contributed by atoms with Crippen molar-refractivity contribution in [2.75, 3.05) is 12.4 Å². The molecule has 2 aromatic rings. The lowest BCUT2D eigenvalue weighted by Crippen LogP contribution is -2.03. The lowest BCUT2D eigenvalue weighted by molar-refractivity contribution is 0.0600. The Hall–Kier alpha value is -2.07. The summed E-state index contributed by atoms with van der Waals surface area (Å²) in [5, 5.41) is 3.80. The molecule has 19 heavy (non-hydrogen) atoms. The summed E-state index contributed by atoms with van der Waals surface area (Å²) < 4.78 is 4.67. The second kappa shape index (κ2) is 5.71. The second-order valence-corrected chi connectivity index (χ2v) is 4.37. The first kappa shape index (κ1) is 13.4. The summed E-state index contributed by atoms with van der Waals surface area (Å²) in [6.07, 6.45) is 1.55. The predicted molar refractivity (Wildman–Crippen MR) is 75.0 cm³/mol. The summed E-state index contributed by atoms with van der Waals surface area (Å²) in [7, 11) is 1.34. The molecule has 2 rings (SSSR count). The highest BCUT2D eigenvalue weighted by Gasteiger charge is 2.08. The minimum absolute atomic E-state index is 0.395. The van der Waals surface area contributed by atoms with Gasteiger partial charge in [-0.3, -0.25) is 0 Å². The summed E-state index contributed by atoms with van der Waals surface area (Å²) in [4.78, 5) is 15.6. The van der Waals surface area contributed by atoms with Crippen LogP contribution in [0.1, 0.15) is 15.9 Å². The van der Waals surface area contributed by atoms with Crippen LogP contribution in [0.2, 0.25) is 5.02 Å². The number of ether oxygens (including phenoxy) is 1. The number of hydrogen-bond donors (Lipinski definition) is 1. The molecule has 0 spiro atoms. The Bertz CT molecular complexity index is 614. The molecule has 0 saturated carbocycles. The Morgan fingerprint density at radius 3 is 2.89 bits per heavy atom. The Kier molecular flexibility index (Phi) is 4.02.